The number of nitrogens with one attached hydrogen (secondary N) is 1. The van der Waals surface area contributed by atoms with Crippen LogP contribution in [0.5, 0.6) is 11.5 Å². The maximum atomic E-state index is 9.67. The molecule has 3 nitrogen and oxygen atoms in total. The highest BCUT2D eigenvalue weighted by molar-refractivity contribution is 5.38. The van der Waals surface area contributed by atoms with Gasteiger partial charge in [-0.3, -0.25) is 0 Å². The molecule has 0 aliphatic rings. The van der Waals surface area contributed by atoms with Crippen molar-refractivity contribution in [3.63, 3.8) is 0 Å². The third-order valence-electron chi connectivity index (χ3n) is 3.48. The van der Waals surface area contributed by atoms with Crippen LogP contribution in [0.15, 0.2) is 18.2 Å². The average molecular weight is 251 g/mol. The largest absolute Gasteiger partial charge is 0.508 e. The van der Waals surface area contributed by atoms with Crippen LogP contribution in [0, 0.1) is 17.8 Å². The van der Waals surface area contributed by atoms with Gasteiger partial charge in [-0.1, -0.05) is 33.8 Å². The highest BCUT2D eigenvalue weighted by Gasteiger charge is 2.16. The van der Waals surface area contributed by atoms with Gasteiger partial charge in [-0.25, -0.2) is 0 Å². The number of aromatic hydroxyl groups is 2. The summed E-state index contributed by atoms with van der Waals surface area (Å²) < 4.78 is 0. The molecule has 3 N–H and O–H groups in total. The van der Waals surface area contributed by atoms with Gasteiger partial charge in [0.15, 0.2) is 0 Å². The summed E-state index contributed by atoms with van der Waals surface area (Å²) in [4.78, 5) is 0. The third kappa shape index (κ3) is 4.22. The van der Waals surface area contributed by atoms with Crippen LogP contribution in [0.4, 0.5) is 0 Å². The van der Waals surface area contributed by atoms with Crippen molar-refractivity contribution in [2.45, 2.75) is 34.2 Å². The second-order valence-corrected chi connectivity index (χ2v) is 5.60. The monoisotopic (exact) mass is 251 g/mol. The molecule has 0 amide bonds. The van der Waals surface area contributed by atoms with Gasteiger partial charge in [0.05, 0.1) is 0 Å². The van der Waals surface area contributed by atoms with E-state index in [4.69, 9.17) is 0 Å². The lowest BCUT2D eigenvalue weighted by atomic mass is 9.85. The summed E-state index contributed by atoms with van der Waals surface area (Å²) in [7, 11) is 0. The molecule has 18 heavy (non-hydrogen) atoms. The van der Waals surface area contributed by atoms with Crippen molar-refractivity contribution in [2.75, 3.05) is 6.54 Å². The van der Waals surface area contributed by atoms with E-state index >= 15 is 0 Å². The lowest BCUT2D eigenvalue weighted by molar-refractivity contribution is 0.275. The van der Waals surface area contributed by atoms with Crippen molar-refractivity contribution in [1.29, 1.82) is 0 Å². The molecule has 0 spiro atoms. The van der Waals surface area contributed by atoms with E-state index in [9.17, 15) is 10.2 Å². The number of phenols is 2. The Hall–Kier alpha value is -1.22. The fraction of sp³-hybridized carbons (Fsp3) is 0.600. The Morgan fingerprint density at radius 2 is 1.67 bits per heavy atom. The first-order chi connectivity index (χ1) is 8.41. The summed E-state index contributed by atoms with van der Waals surface area (Å²) >= 11 is 0. The molecule has 0 aliphatic heterocycles. The van der Waals surface area contributed by atoms with Crippen molar-refractivity contribution < 1.29 is 10.2 Å². The van der Waals surface area contributed by atoms with E-state index in [1.807, 2.05) is 0 Å². The second-order valence-electron chi connectivity index (χ2n) is 5.60. The van der Waals surface area contributed by atoms with Crippen LogP contribution < -0.4 is 5.32 Å². The predicted molar refractivity (Wildman–Crippen MR) is 74.6 cm³/mol. The first-order valence-electron chi connectivity index (χ1n) is 6.63. The fourth-order valence-corrected chi connectivity index (χ4v) is 2.32. The third-order valence-corrected chi connectivity index (χ3v) is 3.48. The number of rotatable bonds is 6. The maximum Gasteiger partial charge on any atom is 0.123 e. The average Bonchev–Trinajstić information content (AvgIpc) is 2.25. The fourth-order valence-electron chi connectivity index (χ4n) is 2.32. The topological polar surface area (TPSA) is 52.5 Å². The Labute approximate surface area is 110 Å². The van der Waals surface area contributed by atoms with Crippen molar-refractivity contribution >= 4 is 0 Å². The Balaban J connectivity index is 2.50. The van der Waals surface area contributed by atoms with Gasteiger partial charge in [-0.2, -0.15) is 0 Å². The molecule has 0 radical (unpaired) electrons. The van der Waals surface area contributed by atoms with Crippen LogP contribution in [-0.2, 0) is 6.54 Å². The van der Waals surface area contributed by atoms with E-state index in [-0.39, 0.29) is 11.5 Å². The summed E-state index contributed by atoms with van der Waals surface area (Å²) in [6, 6.07) is 4.72. The van der Waals surface area contributed by atoms with E-state index in [0.717, 1.165) is 12.1 Å². The summed E-state index contributed by atoms with van der Waals surface area (Å²) in [5.41, 5.74) is 0.819. The van der Waals surface area contributed by atoms with Gasteiger partial charge in [0.25, 0.3) is 0 Å². The Bertz CT molecular complexity index is 367. The Morgan fingerprint density at radius 3 is 2.17 bits per heavy atom. The van der Waals surface area contributed by atoms with E-state index < -0.39 is 0 Å². The minimum atomic E-state index is 0.0958. The normalized spacial score (nSPS) is 11.7. The minimum absolute atomic E-state index is 0.0958. The van der Waals surface area contributed by atoms with Crippen molar-refractivity contribution in [1.82, 2.24) is 5.32 Å². The number of hydrogen-bond donors (Lipinski definition) is 3. The zero-order valence-electron chi connectivity index (χ0n) is 11.8. The first kappa shape index (κ1) is 14.8. The van der Waals surface area contributed by atoms with Crippen LogP contribution in [0.3, 0.4) is 0 Å². The molecule has 0 bridgehead atoms. The van der Waals surface area contributed by atoms with E-state index in [1.165, 1.54) is 6.07 Å². The predicted octanol–water partition coefficient (Wildman–Crippen LogP) is 3.12. The molecule has 1 aromatic rings. The van der Waals surface area contributed by atoms with Gasteiger partial charge in [0.2, 0.25) is 0 Å². The molecule has 1 aromatic carbocycles. The second kappa shape index (κ2) is 6.64. The number of benzene rings is 1. The molecular formula is C15H25NO2. The molecule has 0 atom stereocenters. The van der Waals surface area contributed by atoms with E-state index in [0.29, 0.717) is 24.3 Å². The van der Waals surface area contributed by atoms with Gasteiger partial charge in [0, 0.05) is 18.2 Å². The van der Waals surface area contributed by atoms with Gasteiger partial charge in [-0.15, -0.1) is 0 Å². The van der Waals surface area contributed by atoms with Crippen molar-refractivity contribution in [3.05, 3.63) is 23.8 Å². The highest BCUT2D eigenvalue weighted by atomic mass is 16.3. The molecule has 0 fully saturated rings. The van der Waals surface area contributed by atoms with E-state index in [2.05, 4.69) is 33.0 Å². The summed E-state index contributed by atoms with van der Waals surface area (Å²) in [5, 5.41) is 22.3. The lowest BCUT2D eigenvalue weighted by Crippen LogP contribution is -2.29. The van der Waals surface area contributed by atoms with Gasteiger partial charge in [0.1, 0.15) is 11.5 Å². The Kier molecular flexibility index (Phi) is 5.48. The van der Waals surface area contributed by atoms with Crippen molar-refractivity contribution in [3.8, 4) is 11.5 Å². The molecule has 3 heteroatoms. The van der Waals surface area contributed by atoms with Gasteiger partial charge < -0.3 is 15.5 Å². The number of phenolic OH excluding ortho intramolecular Hbond substituents is 2. The molecule has 0 unspecified atom stereocenters. The lowest BCUT2D eigenvalue weighted by Gasteiger charge is -2.25. The zero-order valence-corrected chi connectivity index (χ0v) is 11.8. The first-order valence-corrected chi connectivity index (χ1v) is 6.63. The van der Waals surface area contributed by atoms with Gasteiger partial charge in [-0.05, 0) is 30.4 Å². The van der Waals surface area contributed by atoms with Crippen molar-refractivity contribution in [2.24, 2.45) is 17.8 Å². The van der Waals surface area contributed by atoms with Crippen LogP contribution in [-0.4, -0.2) is 16.8 Å². The zero-order chi connectivity index (χ0) is 13.7. The minimum Gasteiger partial charge on any atom is -0.508 e. The standard InChI is InChI=1S/C15H25NO2/c1-10(2)14(11(3)4)9-16-8-12-5-6-13(17)7-15(12)18/h5-7,10-11,14,16-18H,8-9H2,1-4H3. The molecule has 0 saturated carbocycles. The van der Waals surface area contributed by atoms with Crippen LogP contribution in [0.25, 0.3) is 0 Å². The SMILES string of the molecule is CC(C)C(CNCc1ccc(O)cc1O)C(C)C. The molecule has 102 valence electrons. The van der Waals surface area contributed by atoms with Crippen LogP contribution in [0.2, 0.25) is 0 Å². The molecule has 0 heterocycles. The van der Waals surface area contributed by atoms with E-state index in [1.54, 1.807) is 12.1 Å². The summed E-state index contributed by atoms with van der Waals surface area (Å²) in [5.74, 6) is 2.16. The smallest absolute Gasteiger partial charge is 0.123 e. The van der Waals surface area contributed by atoms with Crippen LogP contribution in [0.1, 0.15) is 33.3 Å². The van der Waals surface area contributed by atoms with Gasteiger partial charge >= 0.3 is 0 Å². The summed E-state index contributed by atoms with van der Waals surface area (Å²) in [6.45, 7) is 10.5. The summed E-state index contributed by atoms with van der Waals surface area (Å²) in [6.07, 6.45) is 0. The maximum absolute atomic E-state index is 9.67. The molecule has 1 rings (SSSR count). The van der Waals surface area contributed by atoms with Crippen LogP contribution >= 0.6 is 0 Å². The Morgan fingerprint density at radius 1 is 1.06 bits per heavy atom. The number of hydrogen-bond acceptors (Lipinski definition) is 3. The molecule has 0 saturated heterocycles. The molecular weight excluding hydrogens is 226 g/mol. The molecule has 0 aliphatic carbocycles. The highest BCUT2D eigenvalue weighted by Crippen LogP contribution is 2.23. The molecule has 0 aromatic heterocycles. The quantitative estimate of drug-likeness (QED) is 0.728.